The molecule has 3 aromatic carbocycles. The van der Waals surface area contributed by atoms with Gasteiger partial charge in [-0.3, -0.25) is 4.72 Å². The number of amides is 2. The van der Waals surface area contributed by atoms with Crippen LogP contribution in [0.3, 0.4) is 0 Å². The number of aromatic hydroxyl groups is 1. The Hall–Kier alpha value is -2.94. The summed E-state index contributed by atoms with van der Waals surface area (Å²) in [4.78, 5) is 12.0. The van der Waals surface area contributed by atoms with E-state index >= 15 is 0 Å². The largest absolute Gasteiger partial charge is 0.508 e. The van der Waals surface area contributed by atoms with E-state index in [2.05, 4.69) is 15.4 Å². The number of hydrogen-bond acceptors (Lipinski definition) is 4. The molecule has 0 heterocycles. The van der Waals surface area contributed by atoms with Crippen molar-refractivity contribution in [2.45, 2.75) is 4.90 Å². The Kier molecular flexibility index (Phi) is 6.17. The van der Waals surface area contributed by atoms with E-state index in [4.69, 9.17) is 23.2 Å². The van der Waals surface area contributed by atoms with Crippen LogP contribution in [0.4, 0.5) is 21.9 Å². The first-order chi connectivity index (χ1) is 13.7. The van der Waals surface area contributed by atoms with Gasteiger partial charge < -0.3 is 15.7 Å². The molecule has 0 fully saturated rings. The van der Waals surface area contributed by atoms with Crippen LogP contribution in [0.2, 0.25) is 10.0 Å². The Labute approximate surface area is 177 Å². The third-order valence-electron chi connectivity index (χ3n) is 3.72. The Morgan fingerprint density at radius 3 is 1.83 bits per heavy atom. The van der Waals surface area contributed by atoms with Crippen molar-refractivity contribution in [3.63, 3.8) is 0 Å². The van der Waals surface area contributed by atoms with E-state index in [1.54, 1.807) is 12.1 Å². The molecule has 0 saturated carbocycles. The van der Waals surface area contributed by atoms with Crippen LogP contribution < -0.4 is 15.4 Å². The average molecular weight is 452 g/mol. The molecule has 0 bridgehead atoms. The van der Waals surface area contributed by atoms with E-state index in [0.29, 0.717) is 16.4 Å². The lowest BCUT2D eigenvalue weighted by Crippen LogP contribution is -2.19. The van der Waals surface area contributed by atoms with Gasteiger partial charge in [0.15, 0.2) is 0 Å². The predicted molar refractivity (Wildman–Crippen MR) is 114 cm³/mol. The molecule has 7 nitrogen and oxygen atoms in total. The van der Waals surface area contributed by atoms with E-state index in [0.717, 1.165) is 0 Å². The zero-order valence-corrected chi connectivity index (χ0v) is 17.0. The van der Waals surface area contributed by atoms with Gasteiger partial charge in [-0.25, -0.2) is 13.2 Å². The SMILES string of the molecule is O=C(Nc1ccc(O)cc1)Nc1ccc(S(=O)(=O)Nc2ccc(Cl)c(Cl)c2)cc1. The summed E-state index contributed by atoms with van der Waals surface area (Å²) < 4.78 is 27.4. The van der Waals surface area contributed by atoms with Gasteiger partial charge in [-0.15, -0.1) is 0 Å². The second-order valence-corrected chi connectivity index (χ2v) is 8.38. The molecule has 2 amide bonds. The quantitative estimate of drug-likeness (QED) is 0.402. The lowest BCUT2D eigenvalue weighted by atomic mass is 10.3. The number of hydrogen-bond donors (Lipinski definition) is 4. The van der Waals surface area contributed by atoms with Crippen LogP contribution in [0.15, 0.2) is 71.6 Å². The highest BCUT2D eigenvalue weighted by atomic mass is 35.5. The van der Waals surface area contributed by atoms with Gasteiger partial charge in [0.05, 0.1) is 20.6 Å². The van der Waals surface area contributed by atoms with Crippen LogP contribution >= 0.6 is 23.2 Å². The molecule has 0 aliphatic carbocycles. The minimum atomic E-state index is -3.84. The predicted octanol–water partition coefficient (Wildman–Crippen LogP) is 5.14. The molecule has 4 N–H and O–H groups in total. The summed E-state index contributed by atoms with van der Waals surface area (Å²) >= 11 is 11.7. The highest BCUT2D eigenvalue weighted by molar-refractivity contribution is 7.92. The fourth-order valence-electron chi connectivity index (χ4n) is 2.33. The van der Waals surface area contributed by atoms with Gasteiger partial charge in [0, 0.05) is 11.4 Å². The topological polar surface area (TPSA) is 108 Å². The number of carbonyl (C=O) groups is 1. The number of phenolic OH excluding ortho intramolecular Hbond substituents is 1. The number of halogens is 2. The van der Waals surface area contributed by atoms with Crippen LogP contribution in [0.1, 0.15) is 0 Å². The molecule has 0 spiro atoms. The number of urea groups is 1. The zero-order chi connectivity index (χ0) is 21.0. The zero-order valence-electron chi connectivity index (χ0n) is 14.7. The summed E-state index contributed by atoms with van der Waals surface area (Å²) in [5, 5.41) is 15.0. The highest BCUT2D eigenvalue weighted by Crippen LogP contribution is 2.26. The third kappa shape index (κ3) is 5.54. The third-order valence-corrected chi connectivity index (χ3v) is 5.86. The maximum absolute atomic E-state index is 12.5. The minimum Gasteiger partial charge on any atom is -0.508 e. The molecule has 0 aliphatic heterocycles. The van der Waals surface area contributed by atoms with E-state index in [9.17, 15) is 18.3 Å². The molecule has 0 atom stereocenters. The number of nitrogens with one attached hydrogen (secondary N) is 3. The summed E-state index contributed by atoms with van der Waals surface area (Å²) in [6.07, 6.45) is 0. The van der Waals surface area contributed by atoms with Crippen molar-refractivity contribution in [2.24, 2.45) is 0 Å². The normalized spacial score (nSPS) is 11.0. The summed E-state index contributed by atoms with van der Waals surface area (Å²) in [5.41, 5.74) is 1.16. The molecule has 10 heteroatoms. The Balaban J connectivity index is 1.66. The first kappa shape index (κ1) is 20.8. The van der Waals surface area contributed by atoms with E-state index in [1.807, 2.05) is 0 Å². The summed E-state index contributed by atoms with van der Waals surface area (Å²) in [6.45, 7) is 0. The Morgan fingerprint density at radius 2 is 1.28 bits per heavy atom. The first-order valence-electron chi connectivity index (χ1n) is 8.18. The number of benzene rings is 3. The lowest BCUT2D eigenvalue weighted by Gasteiger charge is -2.11. The van der Waals surface area contributed by atoms with Crippen LogP contribution in [0, 0.1) is 0 Å². The van der Waals surface area contributed by atoms with Gasteiger partial charge in [-0.1, -0.05) is 23.2 Å². The van der Waals surface area contributed by atoms with Gasteiger partial charge in [0.25, 0.3) is 10.0 Å². The summed E-state index contributed by atoms with van der Waals surface area (Å²) in [5.74, 6) is 0.0854. The fraction of sp³-hybridized carbons (Fsp3) is 0. The van der Waals surface area contributed by atoms with Crippen LogP contribution in [-0.4, -0.2) is 19.6 Å². The molecule has 0 aromatic heterocycles. The van der Waals surface area contributed by atoms with Crippen LogP contribution in [0.25, 0.3) is 0 Å². The van der Waals surface area contributed by atoms with Crippen molar-refractivity contribution < 1.29 is 18.3 Å². The van der Waals surface area contributed by atoms with E-state index in [-0.39, 0.29) is 21.4 Å². The number of sulfonamides is 1. The maximum atomic E-state index is 12.5. The molecule has 29 heavy (non-hydrogen) atoms. The molecule has 3 rings (SSSR count). The lowest BCUT2D eigenvalue weighted by molar-refractivity contribution is 0.262. The highest BCUT2D eigenvalue weighted by Gasteiger charge is 2.15. The molecular weight excluding hydrogens is 437 g/mol. The van der Waals surface area contributed by atoms with Crippen molar-refractivity contribution in [3.8, 4) is 5.75 Å². The van der Waals surface area contributed by atoms with Gasteiger partial charge in [-0.2, -0.15) is 0 Å². The maximum Gasteiger partial charge on any atom is 0.323 e. The monoisotopic (exact) mass is 451 g/mol. The second-order valence-electron chi connectivity index (χ2n) is 5.88. The van der Waals surface area contributed by atoms with Crippen molar-refractivity contribution in [1.82, 2.24) is 0 Å². The number of anilines is 3. The molecule has 0 unspecified atom stereocenters. The molecular formula is C19H15Cl2N3O4S. The van der Waals surface area contributed by atoms with E-state index < -0.39 is 16.1 Å². The molecule has 150 valence electrons. The van der Waals surface area contributed by atoms with Crippen molar-refractivity contribution in [1.29, 1.82) is 0 Å². The molecule has 0 radical (unpaired) electrons. The second kappa shape index (κ2) is 8.60. The molecule has 0 saturated heterocycles. The van der Waals surface area contributed by atoms with Crippen molar-refractivity contribution in [3.05, 3.63) is 76.8 Å². The molecule has 0 aliphatic rings. The van der Waals surface area contributed by atoms with E-state index in [1.165, 1.54) is 54.6 Å². The van der Waals surface area contributed by atoms with Gasteiger partial charge in [0.1, 0.15) is 5.75 Å². The van der Waals surface area contributed by atoms with Crippen molar-refractivity contribution in [2.75, 3.05) is 15.4 Å². The fourth-order valence-corrected chi connectivity index (χ4v) is 3.68. The Morgan fingerprint density at radius 1 is 0.759 bits per heavy atom. The van der Waals surface area contributed by atoms with Gasteiger partial charge in [0.2, 0.25) is 0 Å². The molecule has 3 aromatic rings. The van der Waals surface area contributed by atoms with Gasteiger partial charge >= 0.3 is 6.03 Å². The summed E-state index contributed by atoms with van der Waals surface area (Å²) in [6, 6.07) is 15.5. The van der Waals surface area contributed by atoms with Crippen LogP contribution in [-0.2, 0) is 10.0 Å². The first-order valence-corrected chi connectivity index (χ1v) is 10.4. The number of phenols is 1. The number of rotatable bonds is 5. The minimum absolute atomic E-state index is 0.00747. The Bertz CT molecular complexity index is 1140. The van der Waals surface area contributed by atoms with Crippen molar-refractivity contribution >= 4 is 56.3 Å². The standard InChI is InChI=1S/C19H15Cl2N3O4S/c20-17-10-5-14(11-18(17)21)24-29(27,28)16-8-3-13(4-9-16)23-19(26)22-12-1-6-15(25)7-2-12/h1-11,24-25H,(H2,22,23,26). The smallest absolute Gasteiger partial charge is 0.323 e. The average Bonchev–Trinajstić information content (AvgIpc) is 2.67. The van der Waals surface area contributed by atoms with Gasteiger partial charge in [-0.05, 0) is 66.7 Å². The number of carbonyl (C=O) groups excluding carboxylic acids is 1. The van der Waals surface area contributed by atoms with Crippen LogP contribution in [0.5, 0.6) is 5.75 Å². The summed E-state index contributed by atoms with van der Waals surface area (Å²) in [7, 11) is -3.84.